The highest BCUT2D eigenvalue weighted by Crippen LogP contribution is 2.26. The zero-order chi connectivity index (χ0) is 25.4. The van der Waals surface area contributed by atoms with Crippen molar-refractivity contribution in [3.8, 4) is 0 Å². The SMILES string of the molecule is C[C@@H](C(=O)N1CCN(c2ccc(S(=O)(=O)Nc3ncns3)cc2)C(=O)C1)n1ccc2c(F)cccc21. The van der Waals surface area contributed by atoms with Crippen LogP contribution in [0.15, 0.2) is 66.0 Å². The van der Waals surface area contributed by atoms with Crippen LogP contribution in [0, 0.1) is 5.82 Å². The number of anilines is 2. The third-order valence-corrected chi connectivity index (χ3v) is 8.12. The maximum atomic E-state index is 14.0. The quantitative estimate of drug-likeness (QED) is 0.411. The normalized spacial score (nSPS) is 15.3. The van der Waals surface area contributed by atoms with Crippen LogP contribution in [0.2, 0.25) is 0 Å². The van der Waals surface area contributed by atoms with E-state index in [0.717, 1.165) is 11.5 Å². The van der Waals surface area contributed by atoms with Crippen LogP contribution in [-0.2, 0) is 19.6 Å². The molecule has 1 aliphatic heterocycles. The Kier molecular flexibility index (Phi) is 6.18. The second kappa shape index (κ2) is 9.32. The van der Waals surface area contributed by atoms with E-state index in [1.54, 1.807) is 48.0 Å². The monoisotopic (exact) mass is 528 g/mol. The van der Waals surface area contributed by atoms with Gasteiger partial charge in [-0.3, -0.25) is 14.3 Å². The van der Waals surface area contributed by atoms with Gasteiger partial charge in [0.15, 0.2) is 0 Å². The first-order valence-corrected chi connectivity index (χ1v) is 13.2. The molecule has 0 saturated carbocycles. The number of hydrogen-bond donors (Lipinski definition) is 1. The molecule has 0 radical (unpaired) electrons. The van der Waals surface area contributed by atoms with E-state index < -0.39 is 16.1 Å². The van der Waals surface area contributed by atoms with Crippen molar-refractivity contribution in [2.45, 2.75) is 17.9 Å². The molecule has 0 aliphatic carbocycles. The van der Waals surface area contributed by atoms with Crippen LogP contribution < -0.4 is 9.62 Å². The van der Waals surface area contributed by atoms with Gasteiger partial charge in [0.05, 0.1) is 10.4 Å². The van der Waals surface area contributed by atoms with E-state index in [1.165, 1.54) is 34.3 Å². The lowest BCUT2D eigenvalue weighted by Crippen LogP contribution is -2.53. The Hall–Kier alpha value is -3.84. The van der Waals surface area contributed by atoms with Gasteiger partial charge in [-0.15, -0.1) is 0 Å². The smallest absolute Gasteiger partial charge is 0.263 e. The van der Waals surface area contributed by atoms with Gasteiger partial charge in [0.2, 0.25) is 16.9 Å². The molecule has 3 heterocycles. The van der Waals surface area contributed by atoms with Crippen molar-refractivity contribution >= 4 is 55.1 Å². The van der Waals surface area contributed by atoms with Crippen LogP contribution in [0.25, 0.3) is 10.9 Å². The molecule has 36 heavy (non-hydrogen) atoms. The summed E-state index contributed by atoms with van der Waals surface area (Å²) in [5, 5.41) is 0.587. The van der Waals surface area contributed by atoms with Crippen molar-refractivity contribution in [3.63, 3.8) is 0 Å². The highest BCUT2D eigenvalue weighted by molar-refractivity contribution is 7.93. The Labute approximate surface area is 210 Å². The number of amides is 2. The average Bonchev–Trinajstić information content (AvgIpc) is 3.53. The number of carbonyl (C=O) groups is 2. The maximum absolute atomic E-state index is 14.0. The van der Waals surface area contributed by atoms with Gasteiger partial charge in [0, 0.05) is 41.9 Å². The molecule has 5 rings (SSSR count). The molecule has 2 amide bonds. The number of sulfonamides is 1. The van der Waals surface area contributed by atoms with Crippen LogP contribution in [-0.4, -0.2) is 58.7 Å². The Morgan fingerprint density at radius 2 is 1.92 bits per heavy atom. The fourth-order valence-electron chi connectivity index (χ4n) is 4.20. The highest BCUT2D eigenvalue weighted by Gasteiger charge is 2.31. The van der Waals surface area contributed by atoms with Crippen LogP contribution in [0.4, 0.5) is 15.2 Å². The van der Waals surface area contributed by atoms with Gasteiger partial charge < -0.3 is 14.4 Å². The molecule has 2 aromatic heterocycles. The maximum Gasteiger partial charge on any atom is 0.263 e. The minimum atomic E-state index is -3.84. The molecule has 2 aromatic carbocycles. The first kappa shape index (κ1) is 23.9. The average molecular weight is 529 g/mol. The largest absolute Gasteiger partial charge is 0.335 e. The second-order valence-electron chi connectivity index (χ2n) is 8.22. The van der Waals surface area contributed by atoms with Crippen molar-refractivity contribution in [1.29, 1.82) is 0 Å². The molecule has 0 spiro atoms. The first-order valence-electron chi connectivity index (χ1n) is 11.0. The summed E-state index contributed by atoms with van der Waals surface area (Å²) in [6.07, 6.45) is 2.92. The van der Waals surface area contributed by atoms with E-state index in [-0.39, 0.29) is 40.7 Å². The number of nitrogens with one attached hydrogen (secondary N) is 1. The fraction of sp³-hybridized carbons (Fsp3) is 0.217. The van der Waals surface area contributed by atoms with Gasteiger partial charge in [-0.2, -0.15) is 4.37 Å². The van der Waals surface area contributed by atoms with E-state index in [4.69, 9.17) is 0 Å². The number of benzene rings is 2. The van der Waals surface area contributed by atoms with E-state index in [2.05, 4.69) is 14.1 Å². The topological polar surface area (TPSA) is 118 Å². The predicted octanol–water partition coefficient (Wildman–Crippen LogP) is 2.87. The number of nitrogens with zero attached hydrogens (tertiary/aromatic N) is 5. The Bertz CT molecular complexity index is 1540. The van der Waals surface area contributed by atoms with Crippen LogP contribution in [0.1, 0.15) is 13.0 Å². The van der Waals surface area contributed by atoms with Crippen molar-refractivity contribution in [1.82, 2.24) is 18.8 Å². The van der Waals surface area contributed by atoms with E-state index in [9.17, 15) is 22.4 Å². The lowest BCUT2D eigenvalue weighted by molar-refractivity contribution is -0.139. The van der Waals surface area contributed by atoms with Gasteiger partial charge in [0.25, 0.3) is 10.0 Å². The standard InChI is InChI=1S/C23H21FN6O4S2/c1-15(29-10-9-18-19(24)3-2-4-20(18)29)22(32)28-11-12-30(21(31)13-28)16-5-7-17(8-6-16)36(33,34)27-23-25-14-26-35-23/h2-10,14-15H,11-13H2,1H3,(H,25,26,27)/t15-/m0/s1. The fourth-order valence-corrected chi connectivity index (χ4v) is 5.86. The molecule has 13 heteroatoms. The molecule has 1 atom stereocenters. The van der Waals surface area contributed by atoms with Gasteiger partial charge in [-0.25, -0.2) is 17.8 Å². The molecule has 186 valence electrons. The number of piperazine rings is 1. The molecule has 10 nitrogen and oxygen atoms in total. The molecule has 1 saturated heterocycles. The molecular weight excluding hydrogens is 507 g/mol. The first-order chi connectivity index (χ1) is 17.2. The minimum Gasteiger partial charge on any atom is -0.335 e. The number of hydrogen-bond acceptors (Lipinski definition) is 7. The summed E-state index contributed by atoms with van der Waals surface area (Å²) >= 11 is 0.920. The summed E-state index contributed by atoms with van der Waals surface area (Å²) in [5.74, 6) is -0.883. The number of rotatable bonds is 6. The summed E-state index contributed by atoms with van der Waals surface area (Å²) in [4.78, 5) is 32.9. The summed E-state index contributed by atoms with van der Waals surface area (Å²) in [6, 6.07) is 11.6. The number of fused-ring (bicyclic) bond motifs is 1. The van der Waals surface area contributed by atoms with E-state index >= 15 is 0 Å². The van der Waals surface area contributed by atoms with E-state index in [1.807, 2.05) is 0 Å². The van der Waals surface area contributed by atoms with Crippen molar-refractivity contribution < 1.29 is 22.4 Å². The van der Waals surface area contributed by atoms with Crippen LogP contribution >= 0.6 is 11.5 Å². The lowest BCUT2D eigenvalue weighted by atomic mass is 10.2. The van der Waals surface area contributed by atoms with Gasteiger partial charge >= 0.3 is 0 Å². The third kappa shape index (κ3) is 4.42. The van der Waals surface area contributed by atoms with Gasteiger partial charge in [0.1, 0.15) is 24.7 Å². The van der Waals surface area contributed by atoms with Crippen molar-refractivity contribution in [3.05, 3.63) is 66.9 Å². The highest BCUT2D eigenvalue weighted by atomic mass is 32.2. The summed E-state index contributed by atoms with van der Waals surface area (Å²) in [6.45, 7) is 2.17. The van der Waals surface area contributed by atoms with Crippen molar-refractivity contribution in [2.24, 2.45) is 0 Å². The predicted molar refractivity (Wildman–Crippen MR) is 133 cm³/mol. The van der Waals surface area contributed by atoms with Gasteiger partial charge in [-0.1, -0.05) is 6.07 Å². The van der Waals surface area contributed by atoms with Crippen LogP contribution in [0.3, 0.4) is 0 Å². The zero-order valence-corrected chi connectivity index (χ0v) is 20.7. The molecule has 4 aromatic rings. The Balaban J connectivity index is 1.26. The van der Waals surface area contributed by atoms with E-state index in [0.29, 0.717) is 23.1 Å². The second-order valence-corrected chi connectivity index (χ2v) is 10.7. The molecule has 0 unspecified atom stereocenters. The minimum absolute atomic E-state index is 0.0203. The van der Waals surface area contributed by atoms with Gasteiger partial charge in [-0.05, 0) is 49.4 Å². The molecule has 0 bridgehead atoms. The number of halogens is 1. The number of carbonyl (C=O) groups excluding carboxylic acids is 2. The lowest BCUT2D eigenvalue weighted by Gasteiger charge is -2.35. The Morgan fingerprint density at radius 3 is 2.61 bits per heavy atom. The van der Waals surface area contributed by atoms with Crippen molar-refractivity contribution in [2.75, 3.05) is 29.3 Å². The number of aromatic nitrogens is 3. The molecule has 1 N–H and O–H groups in total. The summed E-state index contributed by atoms with van der Waals surface area (Å²) < 4.78 is 46.9. The molecule has 1 fully saturated rings. The zero-order valence-electron chi connectivity index (χ0n) is 19.0. The third-order valence-electron chi connectivity index (χ3n) is 6.06. The summed E-state index contributed by atoms with van der Waals surface area (Å²) in [7, 11) is -3.84. The Morgan fingerprint density at radius 1 is 1.14 bits per heavy atom. The molecular formula is C23H21FN6O4S2. The van der Waals surface area contributed by atoms with Crippen LogP contribution in [0.5, 0.6) is 0 Å². The summed E-state index contributed by atoms with van der Waals surface area (Å²) in [5.41, 5.74) is 1.14. The molecule has 1 aliphatic rings.